The fourth-order valence-electron chi connectivity index (χ4n) is 2.72. The van der Waals surface area contributed by atoms with E-state index in [4.69, 9.17) is 0 Å². The van der Waals surface area contributed by atoms with Crippen molar-refractivity contribution in [3.05, 3.63) is 53.5 Å². The molecule has 1 fully saturated rings. The van der Waals surface area contributed by atoms with Crippen molar-refractivity contribution in [2.45, 2.75) is 32.2 Å². The molecule has 1 aliphatic carbocycles. The van der Waals surface area contributed by atoms with Gasteiger partial charge in [-0.1, -0.05) is 12.1 Å². The Morgan fingerprint density at radius 1 is 1.42 bits per heavy atom. The molecule has 0 aliphatic heterocycles. The maximum atomic E-state index is 4.07. The number of aryl methyl sites for hydroxylation is 1. The summed E-state index contributed by atoms with van der Waals surface area (Å²) in [6, 6.07) is 12.0. The van der Waals surface area contributed by atoms with E-state index in [-0.39, 0.29) is 0 Å². The van der Waals surface area contributed by atoms with Crippen LogP contribution < -0.4 is 0 Å². The van der Waals surface area contributed by atoms with Gasteiger partial charge in [-0.05, 0) is 43.4 Å². The van der Waals surface area contributed by atoms with Crippen LogP contribution in [0.25, 0.3) is 10.9 Å². The number of fused-ring (bicyclic) bond motifs is 1. The van der Waals surface area contributed by atoms with E-state index < -0.39 is 0 Å². The minimum Gasteiger partial charge on any atom is -0.344 e. The molecule has 3 aromatic rings. The van der Waals surface area contributed by atoms with Gasteiger partial charge in [-0.2, -0.15) is 5.10 Å². The third-order valence-electron chi connectivity index (χ3n) is 3.99. The zero-order chi connectivity index (χ0) is 12.8. The van der Waals surface area contributed by atoms with Crippen LogP contribution in [0.4, 0.5) is 0 Å². The number of hydrogen-bond donors (Lipinski definition) is 1. The smallest absolute Gasteiger partial charge is 0.0653 e. The van der Waals surface area contributed by atoms with Crippen molar-refractivity contribution < 1.29 is 0 Å². The standard InChI is InChI=1S/C16H16N3/c1-11-2-7-16(13-5-6-13)19(11)10-12-3-4-14-9-17-18-15(14)8-12/h3-4,7-9,13H,5-6,10H2,1H3,(H,17,18). The lowest BCUT2D eigenvalue weighted by atomic mass is 10.1. The summed E-state index contributed by atoms with van der Waals surface area (Å²) in [5, 5.41) is 8.28. The first-order chi connectivity index (χ1) is 9.31. The van der Waals surface area contributed by atoms with Gasteiger partial charge in [0.2, 0.25) is 0 Å². The highest BCUT2D eigenvalue weighted by Gasteiger charge is 2.27. The van der Waals surface area contributed by atoms with Crippen molar-refractivity contribution in [2.24, 2.45) is 0 Å². The Morgan fingerprint density at radius 2 is 2.32 bits per heavy atom. The van der Waals surface area contributed by atoms with E-state index in [1.54, 1.807) is 0 Å². The number of rotatable bonds is 3. The van der Waals surface area contributed by atoms with E-state index in [1.165, 1.54) is 35.2 Å². The highest BCUT2D eigenvalue weighted by atomic mass is 15.1. The summed E-state index contributed by atoms with van der Waals surface area (Å²) in [7, 11) is 0. The lowest BCUT2D eigenvalue weighted by Crippen LogP contribution is -2.05. The quantitative estimate of drug-likeness (QED) is 0.759. The van der Waals surface area contributed by atoms with Gasteiger partial charge < -0.3 is 4.57 Å². The minimum absolute atomic E-state index is 0.765. The summed E-state index contributed by atoms with van der Waals surface area (Å²) in [5.41, 5.74) is 5.10. The second kappa shape index (κ2) is 3.98. The van der Waals surface area contributed by atoms with E-state index >= 15 is 0 Å². The van der Waals surface area contributed by atoms with Gasteiger partial charge in [0.25, 0.3) is 0 Å². The zero-order valence-corrected chi connectivity index (χ0v) is 11.0. The van der Waals surface area contributed by atoms with Crippen LogP contribution in [0.1, 0.15) is 35.7 Å². The first-order valence-electron chi connectivity index (χ1n) is 6.81. The van der Waals surface area contributed by atoms with Crippen LogP contribution in [0.5, 0.6) is 0 Å². The second-order valence-corrected chi connectivity index (χ2v) is 5.45. The van der Waals surface area contributed by atoms with Crippen molar-refractivity contribution in [1.82, 2.24) is 14.8 Å². The number of H-pyrrole nitrogens is 1. The molecule has 0 saturated heterocycles. The molecule has 1 radical (unpaired) electrons. The van der Waals surface area contributed by atoms with E-state index in [9.17, 15) is 0 Å². The van der Waals surface area contributed by atoms with Gasteiger partial charge in [-0.3, -0.25) is 5.10 Å². The van der Waals surface area contributed by atoms with Crippen LogP contribution in [0.15, 0.2) is 30.5 Å². The molecule has 2 heterocycles. The minimum atomic E-state index is 0.765. The van der Waals surface area contributed by atoms with Gasteiger partial charge in [0.05, 0.1) is 11.7 Å². The molecule has 19 heavy (non-hydrogen) atoms. The molecule has 3 nitrogen and oxygen atoms in total. The van der Waals surface area contributed by atoms with Crippen molar-refractivity contribution in [3.8, 4) is 0 Å². The SMILES string of the molecule is Cc1[c]cc(C2CC2)n1Cc1ccc2cn[nH]c2c1. The number of benzene rings is 1. The Labute approximate surface area is 112 Å². The number of aromatic amines is 1. The molecular weight excluding hydrogens is 234 g/mol. The van der Waals surface area contributed by atoms with Gasteiger partial charge >= 0.3 is 0 Å². The van der Waals surface area contributed by atoms with Gasteiger partial charge in [0.1, 0.15) is 0 Å². The topological polar surface area (TPSA) is 33.6 Å². The first-order valence-corrected chi connectivity index (χ1v) is 6.81. The molecule has 1 aromatic carbocycles. The van der Waals surface area contributed by atoms with Crippen molar-refractivity contribution in [3.63, 3.8) is 0 Å². The summed E-state index contributed by atoms with van der Waals surface area (Å²) in [6.45, 7) is 3.07. The lowest BCUT2D eigenvalue weighted by Gasteiger charge is -2.11. The van der Waals surface area contributed by atoms with Crippen molar-refractivity contribution in [1.29, 1.82) is 0 Å². The van der Waals surface area contributed by atoms with Gasteiger partial charge in [-0.15, -0.1) is 0 Å². The molecule has 4 rings (SSSR count). The van der Waals surface area contributed by atoms with Crippen LogP contribution >= 0.6 is 0 Å². The van der Waals surface area contributed by atoms with Crippen LogP contribution in [0, 0.1) is 13.0 Å². The number of aromatic nitrogens is 3. The number of nitrogens with one attached hydrogen (secondary N) is 1. The van der Waals surface area contributed by atoms with Crippen LogP contribution in [-0.2, 0) is 6.54 Å². The molecule has 0 spiro atoms. The van der Waals surface area contributed by atoms with E-state index in [1.807, 2.05) is 6.20 Å². The maximum absolute atomic E-state index is 4.07. The molecule has 1 aliphatic rings. The molecule has 0 unspecified atom stereocenters. The Balaban J connectivity index is 1.71. The second-order valence-electron chi connectivity index (χ2n) is 5.45. The Morgan fingerprint density at radius 3 is 3.16 bits per heavy atom. The average Bonchev–Trinajstić information content (AvgIpc) is 3.04. The fourth-order valence-corrected chi connectivity index (χ4v) is 2.72. The molecule has 1 saturated carbocycles. The number of hydrogen-bond acceptors (Lipinski definition) is 1. The Kier molecular flexibility index (Phi) is 2.28. The maximum Gasteiger partial charge on any atom is 0.0653 e. The van der Waals surface area contributed by atoms with E-state index in [2.05, 4.69) is 52.0 Å². The summed E-state index contributed by atoms with van der Waals surface area (Å²) < 4.78 is 2.40. The highest BCUT2D eigenvalue weighted by Crippen LogP contribution is 2.40. The van der Waals surface area contributed by atoms with Gasteiger partial charge in [0, 0.05) is 29.4 Å². The fraction of sp³-hybridized carbons (Fsp3) is 0.312. The normalized spacial score (nSPS) is 15.2. The lowest BCUT2D eigenvalue weighted by molar-refractivity contribution is 0.723. The summed E-state index contributed by atoms with van der Waals surface area (Å²) in [6.07, 6.45) is 4.52. The predicted octanol–water partition coefficient (Wildman–Crippen LogP) is 3.40. The van der Waals surface area contributed by atoms with Crippen molar-refractivity contribution in [2.75, 3.05) is 0 Å². The monoisotopic (exact) mass is 250 g/mol. The molecule has 3 heteroatoms. The molecule has 95 valence electrons. The predicted molar refractivity (Wildman–Crippen MR) is 75.2 cm³/mol. The summed E-state index contributed by atoms with van der Waals surface area (Å²) in [5.74, 6) is 0.765. The Hall–Kier alpha value is -2.03. The largest absolute Gasteiger partial charge is 0.344 e. The first kappa shape index (κ1) is 10.9. The van der Waals surface area contributed by atoms with E-state index in [0.29, 0.717) is 0 Å². The molecule has 2 aromatic heterocycles. The average molecular weight is 250 g/mol. The molecule has 1 N–H and O–H groups in total. The zero-order valence-electron chi connectivity index (χ0n) is 11.0. The summed E-state index contributed by atoms with van der Waals surface area (Å²) in [4.78, 5) is 0. The van der Waals surface area contributed by atoms with Crippen LogP contribution in [-0.4, -0.2) is 14.8 Å². The van der Waals surface area contributed by atoms with Gasteiger partial charge in [0.15, 0.2) is 0 Å². The Bertz CT molecular complexity index is 731. The molecule has 0 bridgehead atoms. The number of nitrogens with zero attached hydrogens (tertiary/aromatic N) is 2. The van der Waals surface area contributed by atoms with Crippen LogP contribution in [0.3, 0.4) is 0 Å². The molecular formula is C16H16N3. The molecule has 0 atom stereocenters. The summed E-state index contributed by atoms with van der Waals surface area (Å²) >= 11 is 0. The third kappa shape index (κ3) is 1.86. The molecule has 0 amide bonds. The van der Waals surface area contributed by atoms with Gasteiger partial charge in [-0.25, -0.2) is 0 Å². The third-order valence-corrected chi connectivity index (χ3v) is 3.99. The highest BCUT2D eigenvalue weighted by molar-refractivity contribution is 5.78. The van der Waals surface area contributed by atoms with E-state index in [0.717, 1.165) is 18.0 Å². The van der Waals surface area contributed by atoms with Crippen molar-refractivity contribution >= 4 is 10.9 Å². The van der Waals surface area contributed by atoms with Crippen LogP contribution in [0.2, 0.25) is 0 Å².